The number of Topliss-reactive ketones (excluding diaryl/α,β-unsaturated/α-hetero) is 1. The first-order valence-corrected chi connectivity index (χ1v) is 6.63. The Morgan fingerprint density at radius 3 is 2.89 bits per heavy atom. The van der Waals surface area contributed by atoms with Crippen molar-refractivity contribution < 1.29 is 9.53 Å². The third kappa shape index (κ3) is 3.78. The number of hydrogen-bond donors (Lipinski definition) is 1. The van der Waals surface area contributed by atoms with Crippen LogP contribution in [0.5, 0.6) is 5.75 Å². The van der Waals surface area contributed by atoms with Gasteiger partial charge < -0.3 is 15.0 Å². The number of likely N-dealkylation sites (N-methyl/N-ethyl adjacent to an activating group) is 1. The fraction of sp³-hybridized carbons (Fsp3) is 0.692. The second-order valence-electron chi connectivity index (χ2n) is 5.17. The van der Waals surface area contributed by atoms with Gasteiger partial charge >= 0.3 is 0 Å². The van der Waals surface area contributed by atoms with E-state index in [-0.39, 0.29) is 5.78 Å². The van der Waals surface area contributed by atoms with E-state index in [1.165, 1.54) is 12.8 Å². The number of nitrogens with one attached hydrogen (secondary N) is 1. The van der Waals surface area contributed by atoms with Gasteiger partial charge in [-0.05, 0) is 26.9 Å². The highest BCUT2D eigenvalue weighted by molar-refractivity contribution is 5.98. The Morgan fingerprint density at radius 2 is 2.32 bits per heavy atom. The summed E-state index contributed by atoms with van der Waals surface area (Å²) < 4.78 is 6.96. The fourth-order valence-corrected chi connectivity index (χ4v) is 1.87. The maximum Gasteiger partial charge on any atom is 0.198 e. The zero-order chi connectivity index (χ0) is 13.8. The minimum atomic E-state index is 0.0417. The number of carbonyl (C=O) groups is 1. The Bertz CT molecular complexity index is 438. The van der Waals surface area contributed by atoms with Crippen molar-refractivity contribution in [2.24, 2.45) is 0 Å². The van der Waals surface area contributed by atoms with Crippen LogP contribution < -0.4 is 10.1 Å². The van der Waals surface area contributed by atoms with Gasteiger partial charge in [-0.2, -0.15) is 5.10 Å². The number of nitrogens with zero attached hydrogens (tertiary/aromatic N) is 3. The summed E-state index contributed by atoms with van der Waals surface area (Å²) in [6, 6.07) is 0.521. The summed E-state index contributed by atoms with van der Waals surface area (Å²) in [5, 5.41) is 7.47. The summed E-state index contributed by atoms with van der Waals surface area (Å²) >= 11 is 0. The molecule has 1 N–H and O–H groups in total. The van der Waals surface area contributed by atoms with Gasteiger partial charge in [-0.3, -0.25) is 9.48 Å². The van der Waals surface area contributed by atoms with E-state index in [2.05, 4.69) is 15.3 Å². The average molecular weight is 266 g/mol. The molecule has 1 heterocycles. The van der Waals surface area contributed by atoms with Crippen LogP contribution in [0.4, 0.5) is 0 Å². The first kappa shape index (κ1) is 14.0. The van der Waals surface area contributed by atoms with Crippen LogP contribution in [0.15, 0.2) is 6.20 Å². The minimum absolute atomic E-state index is 0.0417. The third-order valence-corrected chi connectivity index (χ3v) is 3.18. The predicted molar refractivity (Wildman–Crippen MR) is 72.7 cm³/mol. The Morgan fingerprint density at radius 1 is 1.58 bits per heavy atom. The van der Waals surface area contributed by atoms with E-state index in [1.807, 2.05) is 14.1 Å². The van der Waals surface area contributed by atoms with Gasteiger partial charge in [0.2, 0.25) is 0 Å². The van der Waals surface area contributed by atoms with Crippen LogP contribution in [0.1, 0.15) is 23.3 Å². The summed E-state index contributed by atoms with van der Waals surface area (Å²) in [5.41, 5.74) is 0.567. The molecule has 1 aromatic heterocycles. The molecule has 6 heteroatoms. The zero-order valence-corrected chi connectivity index (χ0v) is 11.8. The van der Waals surface area contributed by atoms with Crippen LogP contribution in [0.25, 0.3) is 0 Å². The second-order valence-corrected chi connectivity index (χ2v) is 5.17. The van der Waals surface area contributed by atoms with Crippen molar-refractivity contribution in [2.45, 2.75) is 25.4 Å². The lowest BCUT2D eigenvalue weighted by Crippen LogP contribution is -2.28. The average Bonchev–Trinajstić information content (AvgIpc) is 3.11. The molecule has 1 aromatic rings. The monoisotopic (exact) mass is 266 g/mol. The SMILES string of the molecule is COc1cnn(CCN(C)C)c1C(=O)CNC1CC1. The molecule has 2 rings (SSSR count). The van der Waals surface area contributed by atoms with E-state index >= 15 is 0 Å². The lowest BCUT2D eigenvalue weighted by molar-refractivity contribution is 0.0976. The van der Waals surface area contributed by atoms with Crippen LogP contribution in [-0.2, 0) is 6.54 Å². The van der Waals surface area contributed by atoms with Gasteiger partial charge in [-0.1, -0.05) is 0 Å². The Balaban J connectivity index is 2.05. The molecule has 0 spiro atoms. The Hall–Kier alpha value is -1.40. The summed E-state index contributed by atoms with van der Waals surface area (Å²) in [6.45, 7) is 1.87. The molecule has 0 radical (unpaired) electrons. The van der Waals surface area contributed by atoms with Gasteiger partial charge in [0.25, 0.3) is 0 Å². The molecule has 0 saturated heterocycles. The summed E-state index contributed by atoms with van der Waals surface area (Å²) in [5.74, 6) is 0.598. The highest BCUT2D eigenvalue weighted by atomic mass is 16.5. The van der Waals surface area contributed by atoms with E-state index in [0.29, 0.717) is 30.6 Å². The van der Waals surface area contributed by atoms with E-state index in [4.69, 9.17) is 4.74 Å². The van der Waals surface area contributed by atoms with Crippen molar-refractivity contribution in [2.75, 3.05) is 34.3 Å². The van der Waals surface area contributed by atoms with Gasteiger partial charge in [0.15, 0.2) is 11.5 Å². The highest BCUT2D eigenvalue weighted by Gasteiger charge is 2.24. The first-order chi connectivity index (χ1) is 9.11. The maximum atomic E-state index is 12.3. The van der Waals surface area contributed by atoms with E-state index in [9.17, 15) is 4.79 Å². The molecule has 0 aromatic carbocycles. The molecule has 6 nitrogen and oxygen atoms in total. The number of ether oxygens (including phenoxy) is 1. The first-order valence-electron chi connectivity index (χ1n) is 6.63. The Kier molecular flexibility index (Phi) is 4.55. The molecular formula is C13H22N4O2. The molecule has 1 aliphatic carbocycles. The van der Waals surface area contributed by atoms with Gasteiger partial charge in [0, 0.05) is 12.6 Å². The van der Waals surface area contributed by atoms with Crippen molar-refractivity contribution in [1.82, 2.24) is 20.0 Å². The van der Waals surface area contributed by atoms with Crippen molar-refractivity contribution >= 4 is 5.78 Å². The molecule has 1 aliphatic rings. The van der Waals surface area contributed by atoms with Gasteiger partial charge in [0.1, 0.15) is 5.69 Å². The van der Waals surface area contributed by atoms with E-state index in [1.54, 1.807) is 18.0 Å². The summed E-state index contributed by atoms with van der Waals surface area (Å²) in [7, 11) is 5.56. The number of methoxy groups -OCH3 is 1. The van der Waals surface area contributed by atoms with Crippen molar-refractivity contribution in [1.29, 1.82) is 0 Å². The van der Waals surface area contributed by atoms with Gasteiger partial charge in [-0.25, -0.2) is 0 Å². The number of aromatic nitrogens is 2. The number of ketones is 1. The number of rotatable bonds is 8. The highest BCUT2D eigenvalue weighted by Crippen LogP contribution is 2.20. The predicted octanol–water partition coefficient (Wildman–Crippen LogP) is 0.388. The minimum Gasteiger partial charge on any atom is -0.493 e. The van der Waals surface area contributed by atoms with Crippen molar-refractivity contribution in [3.63, 3.8) is 0 Å². The second kappa shape index (κ2) is 6.16. The summed E-state index contributed by atoms with van der Waals surface area (Å²) in [4.78, 5) is 14.3. The summed E-state index contributed by atoms with van der Waals surface area (Å²) in [6.07, 6.45) is 3.95. The molecule has 19 heavy (non-hydrogen) atoms. The zero-order valence-electron chi connectivity index (χ0n) is 11.8. The molecule has 1 fully saturated rings. The quantitative estimate of drug-likeness (QED) is 0.690. The fourth-order valence-electron chi connectivity index (χ4n) is 1.87. The molecular weight excluding hydrogens is 244 g/mol. The topological polar surface area (TPSA) is 59.4 Å². The lowest BCUT2D eigenvalue weighted by Gasteiger charge is -2.12. The van der Waals surface area contributed by atoms with Crippen LogP contribution in [0, 0.1) is 0 Å². The van der Waals surface area contributed by atoms with Gasteiger partial charge in [-0.15, -0.1) is 0 Å². The largest absolute Gasteiger partial charge is 0.493 e. The standard InChI is InChI=1S/C13H22N4O2/c1-16(2)6-7-17-13(12(19-3)9-15-17)11(18)8-14-10-4-5-10/h9-10,14H,4-8H2,1-3H3. The molecule has 0 atom stereocenters. The molecule has 1 saturated carbocycles. The van der Waals surface area contributed by atoms with Crippen molar-refractivity contribution in [3.05, 3.63) is 11.9 Å². The van der Waals surface area contributed by atoms with Gasteiger partial charge in [0.05, 0.1) is 26.4 Å². The van der Waals surface area contributed by atoms with Crippen LogP contribution in [0.3, 0.4) is 0 Å². The molecule has 0 unspecified atom stereocenters. The Labute approximate surface area is 113 Å². The van der Waals surface area contributed by atoms with Crippen LogP contribution >= 0.6 is 0 Å². The molecule has 0 bridgehead atoms. The van der Waals surface area contributed by atoms with Crippen LogP contribution in [0.2, 0.25) is 0 Å². The number of hydrogen-bond acceptors (Lipinski definition) is 5. The van der Waals surface area contributed by atoms with E-state index in [0.717, 1.165) is 6.54 Å². The maximum absolute atomic E-state index is 12.3. The smallest absolute Gasteiger partial charge is 0.198 e. The third-order valence-electron chi connectivity index (χ3n) is 3.18. The van der Waals surface area contributed by atoms with Crippen LogP contribution in [-0.4, -0.2) is 60.8 Å². The molecule has 106 valence electrons. The van der Waals surface area contributed by atoms with E-state index < -0.39 is 0 Å². The normalized spacial score (nSPS) is 14.9. The molecule has 0 aliphatic heterocycles. The van der Waals surface area contributed by atoms with Crippen molar-refractivity contribution in [3.8, 4) is 5.75 Å². The molecule has 0 amide bonds. The number of carbonyl (C=O) groups excluding carboxylic acids is 1. The lowest BCUT2D eigenvalue weighted by atomic mass is 10.2.